The van der Waals surface area contributed by atoms with E-state index in [1.807, 2.05) is 46.8 Å². The maximum absolute atomic E-state index is 12.0. The second-order valence-electron chi connectivity index (χ2n) is 6.82. The minimum Gasteiger partial charge on any atom is -0.468 e. The minimum atomic E-state index is -0.512. The largest absolute Gasteiger partial charge is 0.468 e. The van der Waals surface area contributed by atoms with E-state index in [2.05, 4.69) is 5.32 Å². The maximum Gasteiger partial charge on any atom is 0.338 e. The summed E-state index contributed by atoms with van der Waals surface area (Å²) in [6.07, 6.45) is 0. The highest BCUT2D eigenvalue weighted by Crippen LogP contribution is 2.13. The zero-order valence-corrected chi connectivity index (χ0v) is 14.8. The lowest BCUT2D eigenvalue weighted by molar-refractivity contribution is -0.144. The number of esters is 2. The molecular weight excluding hydrogens is 294 g/mol. The fourth-order valence-electron chi connectivity index (χ4n) is 2.04. The second kappa shape index (κ2) is 8.11. The van der Waals surface area contributed by atoms with Crippen LogP contribution in [0.5, 0.6) is 0 Å². The Morgan fingerprint density at radius 2 is 1.70 bits per heavy atom. The van der Waals surface area contributed by atoms with Gasteiger partial charge >= 0.3 is 11.9 Å². The van der Waals surface area contributed by atoms with Gasteiger partial charge in [-0.15, -0.1) is 0 Å². The van der Waals surface area contributed by atoms with Gasteiger partial charge in [-0.1, -0.05) is 26.0 Å². The van der Waals surface area contributed by atoms with Crippen LogP contribution >= 0.6 is 0 Å². The molecule has 23 heavy (non-hydrogen) atoms. The molecule has 0 bridgehead atoms. The predicted octanol–water partition coefficient (Wildman–Crippen LogP) is 2.93. The van der Waals surface area contributed by atoms with E-state index >= 15 is 0 Å². The third-order valence-corrected chi connectivity index (χ3v) is 3.24. The van der Waals surface area contributed by atoms with Crippen molar-refractivity contribution < 1.29 is 19.1 Å². The van der Waals surface area contributed by atoms with Gasteiger partial charge in [0.2, 0.25) is 0 Å². The molecule has 0 fully saturated rings. The fourth-order valence-corrected chi connectivity index (χ4v) is 2.04. The standard InChI is InChI=1S/C18H27NO4/c1-12(2)15(17(21)22-6)19-11-13-7-9-14(10-8-13)16(20)23-18(3,4)5/h7-10,12,15,19H,11H2,1-6H3/t15-/m1/s1. The minimum absolute atomic E-state index is 0.128. The normalized spacial score (nSPS) is 12.8. The van der Waals surface area contributed by atoms with Crippen LogP contribution in [0.4, 0.5) is 0 Å². The molecule has 0 saturated heterocycles. The van der Waals surface area contributed by atoms with Gasteiger partial charge in [0.15, 0.2) is 0 Å². The van der Waals surface area contributed by atoms with Crippen LogP contribution in [0.1, 0.15) is 50.5 Å². The number of nitrogens with one attached hydrogen (secondary N) is 1. The van der Waals surface area contributed by atoms with E-state index in [1.54, 1.807) is 12.1 Å². The Hall–Kier alpha value is -1.88. The van der Waals surface area contributed by atoms with Gasteiger partial charge in [0.25, 0.3) is 0 Å². The molecule has 0 aromatic heterocycles. The van der Waals surface area contributed by atoms with E-state index in [4.69, 9.17) is 9.47 Å². The number of ether oxygens (including phenoxy) is 2. The topological polar surface area (TPSA) is 64.6 Å². The number of carbonyl (C=O) groups is 2. The molecule has 1 atom stereocenters. The molecule has 1 N–H and O–H groups in total. The quantitative estimate of drug-likeness (QED) is 0.816. The van der Waals surface area contributed by atoms with Crippen molar-refractivity contribution in [1.82, 2.24) is 5.32 Å². The molecule has 5 nitrogen and oxygen atoms in total. The lowest BCUT2D eigenvalue weighted by atomic mass is 10.0. The van der Waals surface area contributed by atoms with Gasteiger partial charge in [-0.2, -0.15) is 0 Å². The van der Waals surface area contributed by atoms with Gasteiger partial charge in [0.05, 0.1) is 12.7 Å². The number of benzene rings is 1. The van der Waals surface area contributed by atoms with Gasteiger partial charge in [-0.05, 0) is 44.4 Å². The van der Waals surface area contributed by atoms with Crippen molar-refractivity contribution in [3.63, 3.8) is 0 Å². The monoisotopic (exact) mass is 321 g/mol. The van der Waals surface area contributed by atoms with Crippen molar-refractivity contribution in [2.45, 2.75) is 52.8 Å². The molecule has 1 aromatic rings. The fraction of sp³-hybridized carbons (Fsp3) is 0.556. The van der Waals surface area contributed by atoms with Crippen LogP contribution < -0.4 is 5.32 Å². The van der Waals surface area contributed by atoms with Gasteiger partial charge in [0.1, 0.15) is 11.6 Å². The Balaban J connectivity index is 2.67. The molecule has 0 unspecified atom stereocenters. The van der Waals surface area contributed by atoms with Crippen LogP contribution in [0.2, 0.25) is 0 Å². The van der Waals surface area contributed by atoms with Crippen molar-refractivity contribution in [2.24, 2.45) is 5.92 Å². The Morgan fingerprint density at radius 3 is 2.13 bits per heavy atom. The molecule has 5 heteroatoms. The van der Waals surface area contributed by atoms with Gasteiger partial charge in [0, 0.05) is 6.54 Å². The Kier molecular flexibility index (Phi) is 6.76. The zero-order chi connectivity index (χ0) is 17.6. The van der Waals surface area contributed by atoms with Gasteiger partial charge in [-0.25, -0.2) is 4.79 Å². The molecule has 0 saturated carbocycles. The van der Waals surface area contributed by atoms with Gasteiger partial charge < -0.3 is 14.8 Å². The first-order chi connectivity index (χ1) is 10.6. The summed E-state index contributed by atoms with van der Waals surface area (Å²) < 4.78 is 10.1. The molecule has 1 rings (SSSR count). The molecule has 128 valence electrons. The van der Waals surface area contributed by atoms with Crippen LogP contribution in [0.3, 0.4) is 0 Å². The summed E-state index contributed by atoms with van der Waals surface area (Å²) in [5, 5.41) is 3.18. The van der Waals surface area contributed by atoms with E-state index in [-0.39, 0.29) is 23.9 Å². The van der Waals surface area contributed by atoms with Crippen LogP contribution in [-0.2, 0) is 20.8 Å². The number of carbonyl (C=O) groups excluding carboxylic acids is 2. The summed E-state index contributed by atoms with van der Waals surface area (Å²) in [4.78, 5) is 23.7. The summed E-state index contributed by atoms with van der Waals surface area (Å²) in [7, 11) is 1.38. The summed E-state index contributed by atoms with van der Waals surface area (Å²) in [5.41, 5.74) is 0.978. The van der Waals surface area contributed by atoms with E-state index in [9.17, 15) is 9.59 Å². The van der Waals surface area contributed by atoms with Crippen molar-refractivity contribution >= 4 is 11.9 Å². The van der Waals surface area contributed by atoms with Crippen molar-refractivity contribution in [2.75, 3.05) is 7.11 Å². The maximum atomic E-state index is 12.0. The third kappa shape index (κ3) is 6.40. The average Bonchev–Trinajstić information content (AvgIpc) is 2.45. The SMILES string of the molecule is COC(=O)[C@H](NCc1ccc(C(=O)OC(C)(C)C)cc1)C(C)C. The summed E-state index contributed by atoms with van der Waals surface area (Å²) in [5.74, 6) is -0.486. The predicted molar refractivity (Wildman–Crippen MR) is 89.1 cm³/mol. The Labute approximate surface area is 138 Å². The molecule has 0 radical (unpaired) electrons. The first kappa shape index (κ1) is 19.2. The highest BCUT2D eigenvalue weighted by molar-refractivity contribution is 5.89. The molecule has 0 aliphatic carbocycles. The Morgan fingerprint density at radius 1 is 1.13 bits per heavy atom. The highest BCUT2D eigenvalue weighted by atomic mass is 16.6. The van der Waals surface area contributed by atoms with Crippen LogP contribution in [0, 0.1) is 5.92 Å². The lowest BCUT2D eigenvalue weighted by Crippen LogP contribution is -2.41. The molecule has 0 heterocycles. The molecule has 0 aliphatic rings. The molecule has 0 amide bonds. The molecule has 1 aromatic carbocycles. The van der Waals surface area contributed by atoms with Crippen LogP contribution in [0.25, 0.3) is 0 Å². The van der Waals surface area contributed by atoms with E-state index in [0.29, 0.717) is 12.1 Å². The van der Waals surface area contributed by atoms with E-state index < -0.39 is 5.60 Å². The van der Waals surface area contributed by atoms with E-state index in [1.165, 1.54) is 7.11 Å². The van der Waals surface area contributed by atoms with E-state index in [0.717, 1.165) is 5.56 Å². The van der Waals surface area contributed by atoms with Gasteiger partial charge in [-0.3, -0.25) is 4.79 Å². The third-order valence-electron chi connectivity index (χ3n) is 3.24. The second-order valence-corrected chi connectivity index (χ2v) is 6.82. The number of rotatable bonds is 6. The smallest absolute Gasteiger partial charge is 0.338 e. The average molecular weight is 321 g/mol. The number of methoxy groups -OCH3 is 1. The Bertz CT molecular complexity index is 529. The highest BCUT2D eigenvalue weighted by Gasteiger charge is 2.22. The van der Waals surface area contributed by atoms with Crippen LogP contribution in [-0.4, -0.2) is 30.7 Å². The van der Waals surface area contributed by atoms with Crippen molar-refractivity contribution in [3.8, 4) is 0 Å². The van der Waals surface area contributed by atoms with Crippen LogP contribution in [0.15, 0.2) is 24.3 Å². The zero-order valence-electron chi connectivity index (χ0n) is 14.8. The summed E-state index contributed by atoms with van der Waals surface area (Å²) in [6.45, 7) is 9.94. The molecular formula is C18H27NO4. The number of hydrogen-bond acceptors (Lipinski definition) is 5. The van der Waals surface area contributed by atoms with Crippen molar-refractivity contribution in [1.29, 1.82) is 0 Å². The first-order valence-electron chi connectivity index (χ1n) is 7.77. The lowest BCUT2D eigenvalue weighted by Gasteiger charge is -2.20. The van der Waals surface area contributed by atoms with Crippen molar-refractivity contribution in [3.05, 3.63) is 35.4 Å². The number of hydrogen-bond donors (Lipinski definition) is 1. The first-order valence-corrected chi connectivity index (χ1v) is 7.77. The molecule has 0 spiro atoms. The summed E-state index contributed by atoms with van der Waals surface area (Å²) in [6, 6.07) is 6.80. The molecule has 0 aliphatic heterocycles. The summed E-state index contributed by atoms with van der Waals surface area (Å²) >= 11 is 0.